The maximum Gasteiger partial charge on any atom is 0.280 e. The number of hydrogen-bond acceptors (Lipinski definition) is 3. The number of carbonyl (C=O) groups is 2. The lowest BCUT2D eigenvalue weighted by Gasteiger charge is -2.33. The van der Waals surface area contributed by atoms with E-state index in [1.165, 1.54) is 9.80 Å². The Balaban J connectivity index is 1.48. The average Bonchev–Trinajstić information content (AvgIpc) is 2.75. The fourth-order valence-electron chi connectivity index (χ4n) is 3.68. The number of amides is 2. The summed E-state index contributed by atoms with van der Waals surface area (Å²) in [5, 5.41) is 2.85. The molecule has 1 aromatic carbocycles. The highest BCUT2D eigenvalue weighted by Crippen LogP contribution is 2.08. The van der Waals surface area contributed by atoms with Crippen LogP contribution in [0.15, 0.2) is 48.7 Å². The number of rotatable bonds is 6. The molecule has 1 fully saturated rings. The molecule has 29 heavy (non-hydrogen) atoms. The second kappa shape index (κ2) is 9.52. The molecule has 0 unspecified atom stereocenters. The number of anilines is 2. The Morgan fingerprint density at radius 1 is 1.17 bits per heavy atom. The molecule has 0 radical (unpaired) electrons. The standard InChI is InChI=1S/C22H29N5O2/c1-17-7-9-19(10-8-17)24-21(28)16-25(3)22(29)18(2)26-12-14-27(15-13-26)20-6-4-5-11-23-20/h4-11,18H,12-16H2,1-3H3,(H,24,28)/p+2/t18-/m1/s1. The molecule has 1 aliphatic rings. The molecular weight excluding hydrogens is 366 g/mol. The van der Waals surface area contributed by atoms with E-state index in [0.29, 0.717) is 0 Å². The van der Waals surface area contributed by atoms with E-state index in [2.05, 4.69) is 21.3 Å². The van der Waals surface area contributed by atoms with Crippen LogP contribution in [-0.4, -0.2) is 62.5 Å². The molecule has 3 N–H and O–H groups in total. The molecule has 154 valence electrons. The van der Waals surface area contributed by atoms with Crippen LogP contribution in [0.4, 0.5) is 11.5 Å². The zero-order chi connectivity index (χ0) is 20.8. The second-order valence-electron chi connectivity index (χ2n) is 7.72. The Labute approximate surface area is 172 Å². The summed E-state index contributed by atoms with van der Waals surface area (Å²) in [6.07, 6.45) is 1.93. The number of aryl methyl sites for hydroxylation is 1. The number of nitrogens with one attached hydrogen (secondary N) is 3. The van der Waals surface area contributed by atoms with Crippen molar-refractivity contribution in [2.75, 3.05) is 50.0 Å². The quantitative estimate of drug-likeness (QED) is 0.721. The maximum atomic E-state index is 12.8. The fraction of sp³-hybridized carbons (Fsp3) is 0.409. The molecule has 0 saturated carbocycles. The van der Waals surface area contributed by atoms with Crippen molar-refractivity contribution in [3.63, 3.8) is 0 Å². The third kappa shape index (κ3) is 5.54. The first-order valence-corrected chi connectivity index (χ1v) is 10.1. The second-order valence-corrected chi connectivity index (χ2v) is 7.72. The molecule has 1 saturated heterocycles. The molecule has 2 heterocycles. The molecule has 0 bridgehead atoms. The van der Waals surface area contributed by atoms with Crippen molar-refractivity contribution in [2.24, 2.45) is 0 Å². The molecule has 1 aromatic heterocycles. The lowest BCUT2D eigenvalue weighted by atomic mass is 10.2. The van der Waals surface area contributed by atoms with Gasteiger partial charge < -0.3 is 15.1 Å². The van der Waals surface area contributed by atoms with Crippen molar-refractivity contribution in [2.45, 2.75) is 19.9 Å². The van der Waals surface area contributed by atoms with E-state index >= 15 is 0 Å². The zero-order valence-corrected chi connectivity index (χ0v) is 17.4. The number of H-pyrrole nitrogens is 1. The first-order valence-electron chi connectivity index (χ1n) is 10.1. The molecule has 7 heteroatoms. The number of likely N-dealkylation sites (N-methyl/N-ethyl adjacent to an activating group) is 1. The smallest absolute Gasteiger partial charge is 0.280 e. The van der Waals surface area contributed by atoms with Crippen LogP contribution >= 0.6 is 0 Å². The fourth-order valence-corrected chi connectivity index (χ4v) is 3.68. The Morgan fingerprint density at radius 2 is 1.86 bits per heavy atom. The van der Waals surface area contributed by atoms with E-state index < -0.39 is 0 Å². The molecular formula is C22H31N5O2+2. The van der Waals surface area contributed by atoms with Gasteiger partial charge in [0.05, 0.1) is 12.7 Å². The van der Waals surface area contributed by atoms with Crippen LogP contribution in [0, 0.1) is 6.92 Å². The van der Waals surface area contributed by atoms with Crippen molar-refractivity contribution < 1.29 is 19.5 Å². The number of benzene rings is 1. The predicted molar refractivity (Wildman–Crippen MR) is 113 cm³/mol. The van der Waals surface area contributed by atoms with E-state index in [1.54, 1.807) is 7.05 Å². The van der Waals surface area contributed by atoms with Gasteiger partial charge in [0.25, 0.3) is 11.7 Å². The van der Waals surface area contributed by atoms with Crippen molar-refractivity contribution in [3.05, 3.63) is 54.2 Å². The number of hydrogen-bond donors (Lipinski definition) is 2. The summed E-state index contributed by atoms with van der Waals surface area (Å²) in [6.45, 7) is 7.57. The SMILES string of the molecule is Cc1ccc(NC(=O)CN(C)C(=O)[C@@H](C)[NH+]2CCN(c3cccc[nH+]3)CC2)cc1. The van der Waals surface area contributed by atoms with Crippen LogP contribution in [0.3, 0.4) is 0 Å². The number of aromatic nitrogens is 1. The summed E-state index contributed by atoms with van der Waals surface area (Å²) >= 11 is 0. The average molecular weight is 398 g/mol. The highest BCUT2D eigenvalue weighted by Gasteiger charge is 2.34. The van der Waals surface area contributed by atoms with Crippen molar-refractivity contribution >= 4 is 23.3 Å². The molecule has 3 rings (SSSR count). The van der Waals surface area contributed by atoms with Gasteiger partial charge in [-0.1, -0.05) is 23.8 Å². The zero-order valence-electron chi connectivity index (χ0n) is 17.4. The lowest BCUT2D eigenvalue weighted by molar-refractivity contribution is -0.915. The van der Waals surface area contributed by atoms with Gasteiger partial charge >= 0.3 is 0 Å². The van der Waals surface area contributed by atoms with Crippen molar-refractivity contribution in [3.8, 4) is 0 Å². The number of nitrogens with zero attached hydrogens (tertiary/aromatic N) is 2. The summed E-state index contributed by atoms with van der Waals surface area (Å²) in [7, 11) is 1.70. The minimum Gasteiger partial charge on any atom is -0.331 e. The van der Waals surface area contributed by atoms with Gasteiger partial charge in [-0.15, -0.1) is 0 Å². The first-order chi connectivity index (χ1) is 13.9. The van der Waals surface area contributed by atoms with E-state index in [-0.39, 0.29) is 24.4 Å². The minimum absolute atomic E-state index is 0.00113. The molecule has 0 aliphatic carbocycles. The summed E-state index contributed by atoms with van der Waals surface area (Å²) in [5.74, 6) is 0.922. The van der Waals surface area contributed by atoms with E-state index in [0.717, 1.165) is 43.2 Å². The third-order valence-electron chi connectivity index (χ3n) is 5.51. The van der Waals surface area contributed by atoms with Crippen LogP contribution in [0.25, 0.3) is 0 Å². The molecule has 7 nitrogen and oxygen atoms in total. The lowest BCUT2D eigenvalue weighted by Crippen LogP contribution is -3.19. The molecule has 2 amide bonds. The van der Waals surface area contributed by atoms with Crippen molar-refractivity contribution in [1.82, 2.24) is 4.90 Å². The van der Waals surface area contributed by atoms with Gasteiger partial charge in [-0.2, -0.15) is 0 Å². The number of aromatic amines is 1. The highest BCUT2D eigenvalue weighted by atomic mass is 16.2. The van der Waals surface area contributed by atoms with Crippen LogP contribution in [-0.2, 0) is 9.59 Å². The van der Waals surface area contributed by atoms with E-state index in [9.17, 15) is 9.59 Å². The van der Waals surface area contributed by atoms with Gasteiger partial charge in [0, 0.05) is 18.8 Å². The molecule has 1 aliphatic heterocycles. The Morgan fingerprint density at radius 3 is 2.48 bits per heavy atom. The highest BCUT2D eigenvalue weighted by molar-refractivity contribution is 5.94. The maximum absolute atomic E-state index is 12.8. The van der Waals surface area contributed by atoms with Gasteiger partial charge in [-0.3, -0.25) is 14.5 Å². The van der Waals surface area contributed by atoms with E-state index in [1.807, 2.05) is 56.4 Å². The Kier molecular flexibility index (Phi) is 6.82. The van der Waals surface area contributed by atoms with Gasteiger partial charge in [0.15, 0.2) is 6.04 Å². The number of quaternary nitrogens is 1. The number of pyridine rings is 1. The summed E-state index contributed by atoms with van der Waals surface area (Å²) in [4.78, 5) is 33.5. The normalized spacial score (nSPS) is 15.6. The molecule has 0 spiro atoms. The minimum atomic E-state index is -0.184. The number of carbonyl (C=O) groups excluding carboxylic acids is 2. The topological polar surface area (TPSA) is 71.2 Å². The summed E-state index contributed by atoms with van der Waals surface area (Å²) in [6, 6.07) is 13.5. The van der Waals surface area contributed by atoms with E-state index in [4.69, 9.17) is 0 Å². The number of piperazine rings is 1. The summed E-state index contributed by atoms with van der Waals surface area (Å²) in [5.41, 5.74) is 1.88. The monoisotopic (exact) mass is 397 g/mol. The first kappa shape index (κ1) is 20.8. The Bertz CT molecular complexity index is 817. The van der Waals surface area contributed by atoms with Crippen LogP contribution in [0.5, 0.6) is 0 Å². The van der Waals surface area contributed by atoms with Gasteiger partial charge in [0.1, 0.15) is 26.2 Å². The third-order valence-corrected chi connectivity index (χ3v) is 5.51. The molecule has 2 aromatic rings. The Hall–Kier alpha value is -2.93. The molecule has 1 atom stereocenters. The van der Waals surface area contributed by atoms with Crippen LogP contribution in [0.1, 0.15) is 12.5 Å². The van der Waals surface area contributed by atoms with Crippen LogP contribution < -0.4 is 20.1 Å². The van der Waals surface area contributed by atoms with Gasteiger partial charge in [-0.25, -0.2) is 4.98 Å². The summed E-state index contributed by atoms with van der Waals surface area (Å²) < 4.78 is 0. The van der Waals surface area contributed by atoms with Gasteiger partial charge in [0.2, 0.25) is 5.91 Å². The largest absolute Gasteiger partial charge is 0.331 e. The predicted octanol–water partition coefficient (Wildman–Crippen LogP) is -0.000380. The van der Waals surface area contributed by atoms with Gasteiger partial charge in [-0.05, 0) is 32.0 Å². The van der Waals surface area contributed by atoms with Crippen molar-refractivity contribution in [1.29, 1.82) is 0 Å². The van der Waals surface area contributed by atoms with Crippen LogP contribution in [0.2, 0.25) is 0 Å².